The van der Waals surface area contributed by atoms with Crippen molar-refractivity contribution in [1.82, 2.24) is 0 Å². The zero-order valence-corrected chi connectivity index (χ0v) is 25.6. The number of hydrogen-bond acceptors (Lipinski definition) is 6. The molecule has 10 heteroatoms. The van der Waals surface area contributed by atoms with Gasteiger partial charge >= 0.3 is 0 Å². The van der Waals surface area contributed by atoms with E-state index in [2.05, 4.69) is 37.0 Å². The lowest BCUT2D eigenvalue weighted by atomic mass is 9.94. The lowest BCUT2D eigenvalue weighted by molar-refractivity contribution is -0.221. The molecule has 2 aromatic carbocycles. The van der Waals surface area contributed by atoms with Gasteiger partial charge in [0.1, 0.15) is 24.1 Å². The van der Waals surface area contributed by atoms with Gasteiger partial charge in [0.25, 0.3) is 0 Å². The third kappa shape index (κ3) is 6.98. The molecule has 1 unspecified atom stereocenters. The van der Waals surface area contributed by atoms with Crippen LogP contribution in [-0.4, -0.2) is 52.4 Å². The quantitative estimate of drug-likeness (QED) is 0.120. The number of azide groups is 1. The van der Waals surface area contributed by atoms with Crippen molar-refractivity contribution in [2.24, 2.45) is 5.11 Å². The zero-order chi connectivity index (χ0) is 28.4. The highest BCUT2D eigenvalue weighted by Crippen LogP contribution is 2.45. The fraction of sp³-hybridized carbons (Fsp3) is 0.586. The molecule has 8 nitrogen and oxygen atoms in total. The fourth-order valence-electron chi connectivity index (χ4n) is 4.78. The molecule has 2 fully saturated rings. The summed E-state index contributed by atoms with van der Waals surface area (Å²) < 4.78 is 30.8. The highest BCUT2D eigenvalue weighted by Gasteiger charge is 2.57. The lowest BCUT2D eigenvalue weighted by Crippen LogP contribution is -2.41. The van der Waals surface area contributed by atoms with E-state index in [4.69, 9.17) is 35.3 Å². The van der Waals surface area contributed by atoms with E-state index in [-0.39, 0.29) is 5.04 Å². The summed E-state index contributed by atoms with van der Waals surface area (Å²) in [4.78, 5) is 3.18. The molecule has 5 atom stereocenters. The molecule has 211 valence electrons. The molecule has 0 amide bonds. The minimum Gasteiger partial charge on any atom is -0.494 e. The molecule has 0 saturated carbocycles. The van der Waals surface area contributed by atoms with Gasteiger partial charge in [0.05, 0.1) is 21.4 Å². The summed E-state index contributed by atoms with van der Waals surface area (Å²) in [5, 5.41) is 4.86. The van der Waals surface area contributed by atoms with Crippen LogP contribution in [0.5, 0.6) is 5.75 Å². The SMILES string of the molecule is CCOc1ccc(Cc2cc(C(N=[N+]=[N-])[C@@H]3O[C@H]4OC(C)(C)O[C@H]4[C@@H]3OCC(C)(C)[Si](C)C)ccc2Cl)cc1. The average Bonchev–Trinajstić information content (AvgIpc) is 3.35. The molecule has 2 heterocycles. The summed E-state index contributed by atoms with van der Waals surface area (Å²) in [7, 11) is -0.633. The molecule has 2 saturated heterocycles. The maximum atomic E-state index is 9.56. The molecule has 0 aromatic heterocycles. The summed E-state index contributed by atoms with van der Waals surface area (Å²) in [6.45, 7) is 15.8. The summed E-state index contributed by atoms with van der Waals surface area (Å²) in [5.41, 5.74) is 12.4. The summed E-state index contributed by atoms with van der Waals surface area (Å²) in [6.07, 6.45) is -1.49. The van der Waals surface area contributed by atoms with Gasteiger partial charge in [-0.1, -0.05) is 67.9 Å². The molecule has 4 rings (SSSR count). The topological polar surface area (TPSA) is 94.9 Å². The molecule has 39 heavy (non-hydrogen) atoms. The smallest absolute Gasteiger partial charge is 0.190 e. The minimum atomic E-state index is -0.791. The van der Waals surface area contributed by atoms with E-state index in [9.17, 15) is 5.53 Å². The van der Waals surface area contributed by atoms with Crippen molar-refractivity contribution in [3.8, 4) is 5.75 Å². The van der Waals surface area contributed by atoms with Crippen LogP contribution in [0.15, 0.2) is 47.6 Å². The average molecular weight is 573 g/mol. The Labute approximate surface area is 238 Å². The zero-order valence-electron chi connectivity index (χ0n) is 23.8. The fourth-order valence-corrected chi connectivity index (χ4v) is 5.34. The first-order chi connectivity index (χ1) is 18.4. The maximum Gasteiger partial charge on any atom is 0.190 e. The van der Waals surface area contributed by atoms with Crippen molar-refractivity contribution in [3.05, 3.63) is 74.6 Å². The second-order valence-electron chi connectivity index (χ2n) is 11.5. The monoisotopic (exact) mass is 572 g/mol. The Morgan fingerprint density at radius 3 is 2.51 bits per heavy atom. The van der Waals surface area contributed by atoms with E-state index in [1.807, 2.05) is 63.2 Å². The Kier molecular flexibility index (Phi) is 9.33. The molecule has 0 N–H and O–H groups in total. The normalized spacial score (nSPS) is 24.8. The summed E-state index contributed by atoms with van der Waals surface area (Å²) >= 11 is 6.61. The molecule has 1 radical (unpaired) electrons. The van der Waals surface area contributed by atoms with Crippen LogP contribution in [0.1, 0.15) is 57.4 Å². The molecule has 0 bridgehead atoms. The van der Waals surface area contributed by atoms with E-state index in [1.165, 1.54) is 0 Å². The molecular formula is C29H39ClN3O5Si. The van der Waals surface area contributed by atoms with E-state index in [0.717, 1.165) is 22.4 Å². The van der Waals surface area contributed by atoms with E-state index < -0.39 is 45.2 Å². The number of halogens is 1. The first-order valence-electron chi connectivity index (χ1n) is 13.4. The standard InChI is InChI=1S/C29H39ClN3O5Si/c1-8-34-21-12-9-18(10-13-21)15-20-16-19(11-14-22(20)30)23(32-33-31)24-25(35-17-28(2,3)39(6)7)26-27(36-24)38-29(4,5)37-26/h9-14,16,23-27H,8,15,17H2,1-7H3/t23?,24-,25+,26-,27-/m0/s1. The van der Waals surface area contributed by atoms with Gasteiger partial charge in [-0.25, -0.2) is 0 Å². The third-order valence-electron chi connectivity index (χ3n) is 7.54. The van der Waals surface area contributed by atoms with Crippen LogP contribution in [0.25, 0.3) is 10.4 Å². The predicted molar refractivity (Wildman–Crippen MR) is 154 cm³/mol. The highest BCUT2D eigenvalue weighted by molar-refractivity contribution is 6.59. The molecular weight excluding hydrogens is 534 g/mol. The van der Waals surface area contributed by atoms with Crippen LogP contribution in [0.3, 0.4) is 0 Å². The largest absolute Gasteiger partial charge is 0.494 e. The van der Waals surface area contributed by atoms with Crippen LogP contribution in [0.2, 0.25) is 23.2 Å². The van der Waals surface area contributed by atoms with Crippen molar-refractivity contribution in [2.75, 3.05) is 13.2 Å². The van der Waals surface area contributed by atoms with Crippen LogP contribution in [0, 0.1) is 0 Å². The van der Waals surface area contributed by atoms with Gasteiger partial charge in [-0.3, -0.25) is 0 Å². The van der Waals surface area contributed by atoms with Gasteiger partial charge in [-0.2, -0.15) is 0 Å². The van der Waals surface area contributed by atoms with Crippen LogP contribution >= 0.6 is 11.6 Å². The Hall–Kier alpha value is -2.10. The van der Waals surface area contributed by atoms with Crippen molar-refractivity contribution in [3.63, 3.8) is 0 Å². The van der Waals surface area contributed by atoms with E-state index in [1.54, 1.807) is 0 Å². The third-order valence-corrected chi connectivity index (χ3v) is 10.8. The maximum absolute atomic E-state index is 9.56. The molecule has 2 aliphatic rings. The minimum absolute atomic E-state index is 0.0292. The van der Waals surface area contributed by atoms with Crippen molar-refractivity contribution >= 4 is 20.4 Å². The second-order valence-corrected chi connectivity index (χ2v) is 15.2. The number of hydrogen-bond donors (Lipinski definition) is 0. The van der Waals surface area contributed by atoms with Gasteiger partial charge in [0, 0.05) is 16.5 Å². The molecule has 0 spiro atoms. The summed E-state index contributed by atoms with van der Waals surface area (Å²) in [6, 6.07) is 13.0. The Morgan fingerprint density at radius 1 is 1.15 bits per heavy atom. The molecule has 2 aliphatic heterocycles. The number of benzene rings is 2. The van der Waals surface area contributed by atoms with Crippen molar-refractivity contribution in [1.29, 1.82) is 0 Å². The van der Waals surface area contributed by atoms with Crippen LogP contribution < -0.4 is 4.74 Å². The van der Waals surface area contributed by atoms with Gasteiger partial charge in [-0.15, -0.1) is 0 Å². The van der Waals surface area contributed by atoms with Gasteiger partial charge in [0.15, 0.2) is 12.1 Å². The summed E-state index contributed by atoms with van der Waals surface area (Å²) in [5.74, 6) is 0.0378. The van der Waals surface area contributed by atoms with Crippen LogP contribution in [0.4, 0.5) is 0 Å². The molecule has 0 aliphatic carbocycles. The van der Waals surface area contributed by atoms with E-state index >= 15 is 0 Å². The first kappa shape index (κ1) is 29.9. The Morgan fingerprint density at radius 2 is 1.87 bits per heavy atom. The second kappa shape index (κ2) is 12.2. The van der Waals surface area contributed by atoms with Gasteiger partial charge in [0.2, 0.25) is 0 Å². The van der Waals surface area contributed by atoms with Gasteiger partial charge < -0.3 is 23.7 Å². The van der Waals surface area contributed by atoms with Crippen molar-refractivity contribution in [2.45, 2.75) is 95.6 Å². The number of ether oxygens (including phenoxy) is 5. The number of fused-ring (bicyclic) bond motifs is 1. The van der Waals surface area contributed by atoms with Crippen LogP contribution in [-0.2, 0) is 25.4 Å². The molecule has 2 aromatic rings. The van der Waals surface area contributed by atoms with E-state index in [0.29, 0.717) is 24.7 Å². The number of nitrogens with zero attached hydrogens (tertiary/aromatic N) is 3. The Bertz CT molecular complexity index is 1190. The lowest BCUT2D eigenvalue weighted by Gasteiger charge is -2.33. The number of rotatable bonds is 11. The van der Waals surface area contributed by atoms with Gasteiger partial charge in [-0.05, 0) is 72.7 Å². The first-order valence-corrected chi connectivity index (χ1v) is 16.3. The predicted octanol–water partition coefficient (Wildman–Crippen LogP) is 7.48. The Balaban J connectivity index is 1.62. The highest BCUT2D eigenvalue weighted by atomic mass is 35.5. The van der Waals surface area contributed by atoms with Crippen molar-refractivity contribution < 1.29 is 23.7 Å².